The predicted molar refractivity (Wildman–Crippen MR) is 90.9 cm³/mol. The van der Waals surface area contributed by atoms with Crippen LogP contribution in [-0.2, 0) is 11.3 Å². The Labute approximate surface area is 133 Å². The van der Waals surface area contributed by atoms with Crippen LogP contribution in [0.3, 0.4) is 0 Å². The number of aryl methyl sites for hydroxylation is 1. The predicted octanol–water partition coefficient (Wildman–Crippen LogP) is 3.69. The van der Waals surface area contributed by atoms with Gasteiger partial charge in [0.05, 0.1) is 18.8 Å². The second kappa shape index (κ2) is 9.57. The second-order valence-electron chi connectivity index (χ2n) is 6.47. The fraction of sp³-hybridized carbons (Fsp3) is 0.765. The van der Waals surface area contributed by atoms with E-state index in [1.165, 1.54) is 9.75 Å². The molecule has 0 aliphatic carbocycles. The topological polar surface area (TPSA) is 32.7 Å². The van der Waals surface area contributed by atoms with E-state index in [1.54, 1.807) is 0 Å². The van der Waals surface area contributed by atoms with E-state index in [1.807, 2.05) is 25.2 Å². The lowest BCUT2D eigenvalue weighted by atomic mass is 10.1. The minimum Gasteiger partial charge on any atom is -0.389 e. The third kappa shape index (κ3) is 8.57. The summed E-state index contributed by atoms with van der Waals surface area (Å²) in [4.78, 5) is 5.06. The van der Waals surface area contributed by atoms with Gasteiger partial charge in [-0.25, -0.2) is 0 Å². The molecule has 0 spiro atoms. The highest BCUT2D eigenvalue weighted by molar-refractivity contribution is 7.11. The number of aliphatic hydroxyl groups excluding tert-OH is 1. The molecule has 1 N–H and O–H groups in total. The van der Waals surface area contributed by atoms with Crippen LogP contribution in [-0.4, -0.2) is 41.9 Å². The Bertz CT molecular complexity index is 390. The maximum absolute atomic E-state index is 10.2. The smallest absolute Gasteiger partial charge is 0.0900 e. The second-order valence-corrected chi connectivity index (χ2v) is 7.84. The number of ether oxygens (including phenoxy) is 1. The molecule has 0 radical (unpaired) electrons. The maximum Gasteiger partial charge on any atom is 0.0900 e. The Morgan fingerprint density at radius 1 is 1.24 bits per heavy atom. The van der Waals surface area contributed by atoms with Crippen LogP contribution >= 0.6 is 11.3 Å². The lowest BCUT2D eigenvalue weighted by Gasteiger charge is -2.25. The van der Waals surface area contributed by atoms with Gasteiger partial charge >= 0.3 is 0 Å². The fourth-order valence-corrected chi connectivity index (χ4v) is 3.05. The molecule has 0 bridgehead atoms. The van der Waals surface area contributed by atoms with Gasteiger partial charge in [0.2, 0.25) is 0 Å². The van der Waals surface area contributed by atoms with Crippen LogP contribution in [0, 0.1) is 12.8 Å². The van der Waals surface area contributed by atoms with E-state index in [2.05, 4.69) is 37.8 Å². The van der Waals surface area contributed by atoms with Crippen molar-refractivity contribution in [2.75, 3.05) is 19.7 Å². The lowest BCUT2D eigenvalue weighted by Crippen LogP contribution is -2.36. The van der Waals surface area contributed by atoms with E-state index in [4.69, 9.17) is 4.74 Å². The van der Waals surface area contributed by atoms with Gasteiger partial charge < -0.3 is 9.84 Å². The van der Waals surface area contributed by atoms with Gasteiger partial charge in [0.25, 0.3) is 0 Å². The highest BCUT2D eigenvalue weighted by Crippen LogP contribution is 2.18. The van der Waals surface area contributed by atoms with Crippen LogP contribution < -0.4 is 0 Å². The van der Waals surface area contributed by atoms with Gasteiger partial charge in [0.1, 0.15) is 0 Å². The zero-order valence-electron chi connectivity index (χ0n) is 14.1. The van der Waals surface area contributed by atoms with Crippen molar-refractivity contribution in [3.63, 3.8) is 0 Å². The number of nitrogens with zero attached hydrogens (tertiary/aromatic N) is 1. The molecule has 0 fully saturated rings. The first-order chi connectivity index (χ1) is 9.86. The first-order valence-electron chi connectivity index (χ1n) is 7.94. The monoisotopic (exact) mass is 313 g/mol. The lowest BCUT2D eigenvalue weighted by molar-refractivity contribution is -0.00986. The Hall–Kier alpha value is -0.420. The third-order valence-corrected chi connectivity index (χ3v) is 4.27. The number of thiophene rings is 1. The fourth-order valence-electron chi connectivity index (χ4n) is 2.12. The van der Waals surface area contributed by atoms with E-state index in [0.29, 0.717) is 19.1 Å². The largest absolute Gasteiger partial charge is 0.389 e. The van der Waals surface area contributed by atoms with Crippen molar-refractivity contribution in [3.8, 4) is 0 Å². The minimum absolute atomic E-state index is 0.170. The molecule has 1 atom stereocenters. The molecule has 122 valence electrons. The number of aliphatic hydroxyl groups is 1. The summed E-state index contributed by atoms with van der Waals surface area (Å²) in [6.45, 7) is 13.7. The van der Waals surface area contributed by atoms with Gasteiger partial charge in [-0.2, -0.15) is 0 Å². The Morgan fingerprint density at radius 2 is 1.95 bits per heavy atom. The highest BCUT2D eigenvalue weighted by Gasteiger charge is 2.14. The van der Waals surface area contributed by atoms with Crippen molar-refractivity contribution < 1.29 is 9.84 Å². The summed E-state index contributed by atoms with van der Waals surface area (Å²) >= 11 is 1.84. The molecule has 4 heteroatoms. The van der Waals surface area contributed by atoms with E-state index < -0.39 is 6.10 Å². The quantitative estimate of drug-likeness (QED) is 0.715. The van der Waals surface area contributed by atoms with Crippen LogP contribution in [0.2, 0.25) is 0 Å². The molecule has 1 aromatic heterocycles. The van der Waals surface area contributed by atoms with Gasteiger partial charge in [-0.3, -0.25) is 4.90 Å². The number of rotatable bonds is 10. The van der Waals surface area contributed by atoms with Gasteiger partial charge in [-0.15, -0.1) is 11.3 Å². The van der Waals surface area contributed by atoms with Crippen molar-refractivity contribution in [1.82, 2.24) is 4.90 Å². The summed E-state index contributed by atoms with van der Waals surface area (Å²) in [5.41, 5.74) is 0. The molecule has 1 heterocycles. The van der Waals surface area contributed by atoms with Crippen molar-refractivity contribution in [3.05, 3.63) is 21.9 Å². The normalized spacial score (nSPS) is 13.6. The number of hydrogen-bond acceptors (Lipinski definition) is 4. The van der Waals surface area contributed by atoms with E-state index in [0.717, 1.165) is 19.5 Å². The third-order valence-electron chi connectivity index (χ3n) is 3.29. The van der Waals surface area contributed by atoms with Gasteiger partial charge in [0, 0.05) is 22.8 Å². The molecule has 0 saturated heterocycles. The Morgan fingerprint density at radius 3 is 2.48 bits per heavy atom. The summed E-state index contributed by atoms with van der Waals surface area (Å²) in [7, 11) is 0. The molecule has 21 heavy (non-hydrogen) atoms. The molecule has 0 aromatic carbocycles. The SMILES string of the molecule is Cc1ccc(CN(CCC(C)C)C[C@@H](O)COC(C)C)s1. The summed E-state index contributed by atoms with van der Waals surface area (Å²) in [6.07, 6.45) is 0.909. The molecule has 0 aliphatic rings. The zero-order valence-corrected chi connectivity index (χ0v) is 14.9. The molecule has 0 amide bonds. The average Bonchev–Trinajstić information content (AvgIpc) is 2.79. The zero-order chi connectivity index (χ0) is 15.8. The molecule has 0 unspecified atom stereocenters. The summed E-state index contributed by atoms with van der Waals surface area (Å²) < 4.78 is 5.51. The van der Waals surface area contributed by atoms with Crippen molar-refractivity contribution >= 4 is 11.3 Å². The van der Waals surface area contributed by atoms with Crippen LogP contribution in [0.4, 0.5) is 0 Å². The van der Waals surface area contributed by atoms with E-state index >= 15 is 0 Å². The summed E-state index contributed by atoms with van der Waals surface area (Å²) in [5, 5.41) is 10.2. The van der Waals surface area contributed by atoms with Crippen molar-refractivity contribution in [2.24, 2.45) is 5.92 Å². The molecule has 3 nitrogen and oxygen atoms in total. The van der Waals surface area contributed by atoms with Crippen LogP contribution in [0.5, 0.6) is 0 Å². The van der Waals surface area contributed by atoms with Crippen molar-refractivity contribution in [1.29, 1.82) is 0 Å². The Balaban J connectivity index is 2.50. The molecule has 1 rings (SSSR count). The minimum atomic E-state index is -0.416. The Kier molecular flexibility index (Phi) is 8.49. The van der Waals surface area contributed by atoms with Crippen LogP contribution in [0.1, 0.15) is 43.9 Å². The van der Waals surface area contributed by atoms with Gasteiger partial charge in [0.15, 0.2) is 0 Å². The maximum atomic E-state index is 10.2. The van der Waals surface area contributed by atoms with Gasteiger partial charge in [-0.1, -0.05) is 13.8 Å². The van der Waals surface area contributed by atoms with E-state index in [9.17, 15) is 5.11 Å². The average molecular weight is 314 g/mol. The molecule has 0 saturated carbocycles. The first-order valence-corrected chi connectivity index (χ1v) is 8.75. The molecule has 1 aromatic rings. The molecule has 0 aliphatic heterocycles. The molecular weight excluding hydrogens is 282 g/mol. The van der Waals surface area contributed by atoms with Crippen LogP contribution in [0.15, 0.2) is 12.1 Å². The summed E-state index contributed by atoms with van der Waals surface area (Å²) in [6, 6.07) is 4.36. The van der Waals surface area contributed by atoms with Crippen molar-refractivity contribution in [2.45, 2.75) is 59.8 Å². The molecular formula is C17H31NO2S. The van der Waals surface area contributed by atoms with E-state index in [-0.39, 0.29) is 6.10 Å². The summed E-state index contributed by atoms with van der Waals surface area (Å²) in [5.74, 6) is 0.682. The van der Waals surface area contributed by atoms with Crippen LogP contribution in [0.25, 0.3) is 0 Å². The number of hydrogen-bond donors (Lipinski definition) is 1. The highest BCUT2D eigenvalue weighted by atomic mass is 32.1. The van der Waals surface area contributed by atoms with Gasteiger partial charge in [-0.05, 0) is 51.8 Å². The standard InChI is InChI=1S/C17H31NO2S/c1-13(2)8-9-18(10-16(19)12-20-14(3)4)11-17-7-6-15(5)21-17/h6-7,13-14,16,19H,8-12H2,1-5H3/t16-/m1/s1. The first kappa shape index (κ1) is 18.6.